The van der Waals surface area contributed by atoms with E-state index in [-0.39, 0.29) is 12.0 Å². The second-order valence-corrected chi connectivity index (χ2v) is 10.9. The number of benzene rings is 2. The van der Waals surface area contributed by atoms with Crippen LogP contribution in [0.3, 0.4) is 0 Å². The van der Waals surface area contributed by atoms with Gasteiger partial charge in [-0.05, 0) is 92.0 Å². The Bertz CT molecular complexity index is 1270. The molecule has 0 saturated heterocycles. The summed E-state index contributed by atoms with van der Waals surface area (Å²) in [6.45, 7) is 8.70. The highest BCUT2D eigenvalue weighted by molar-refractivity contribution is 6.30. The van der Waals surface area contributed by atoms with Gasteiger partial charge in [0.15, 0.2) is 0 Å². The van der Waals surface area contributed by atoms with Gasteiger partial charge in [-0.25, -0.2) is 4.79 Å². The number of hydrogen-bond donors (Lipinski definition) is 1. The summed E-state index contributed by atoms with van der Waals surface area (Å²) in [5.74, 6) is 1.51. The monoisotopic (exact) mass is 567 g/mol. The molecule has 3 aliphatic rings. The molecule has 0 fully saturated rings. The minimum absolute atomic E-state index is 0.225. The molecule has 6 nitrogen and oxygen atoms in total. The van der Waals surface area contributed by atoms with E-state index in [4.69, 9.17) is 32.7 Å². The van der Waals surface area contributed by atoms with E-state index in [1.165, 1.54) is 5.57 Å². The van der Waals surface area contributed by atoms with E-state index in [0.717, 1.165) is 66.6 Å². The van der Waals surface area contributed by atoms with E-state index < -0.39 is 6.09 Å². The van der Waals surface area contributed by atoms with E-state index in [2.05, 4.69) is 30.1 Å². The van der Waals surface area contributed by atoms with Crippen molar-refractivity contribution in [3.63, 3.8) is 0 Å². The predicted molar refractivity (Wildman–Crippen MR) is 156 cm³/mol. The molecule has 0 spiro atoms. The average molecular weight is 569 g/mol. The highest BCUT2D eigenvalue weighted by atomic mass is 35.5. The first-order valence-electron chi connectivity index (χ1n) is 13.7. The molecule has 206 valence electrons. The Morgan fingerprint density at radius 3 is 2.46 bits per heavy atom. The van der Waals surface area contributed by atoms with Crippen LogP contribution in [-0.4, -0.2) is 48.7 Å². The van der Waals surface area contributed by atoms with Crippen LogP contribution in [0.1, 0.15) is 44.7 Å². The molecule has 2 unspecified atom stereocenters. The summed E-state index contributed by atoms with van der Waals surface area (Å²) >= 11 is 12.4. The van der Waals surface area contributed by atoms with Crippen LogP contribution in [0.25, 0.3) is 0 Å². The van der Waals surface area contributed by atoms with E-state index in [9.17, 15) is 4.79 Å². The van der Waals surface area contributed by atoms with Gasteiger partial charge in [0.05, 0.1) is 6.61 Å². The second kappa shape index (κ2) is 12.5. The van der Waals surface area contributed by atoms with Crippen molar-refractivity contribution in [2.24, 2.45) is 5.92 Å². The first kappa shape index (κ1) is 27.6. The second-order valence-electron chi connectivity index (χ2n) is 10.0. The first-order valence-corrected chi connectivity index (χ1v) is 14.5. The van der Waals surface area contributed by atoms with E-state index in [1.54, 1.807) is 29.2 Å². The largest absolute Gasteiger partial charge is 0.494 e. The molecule has 1 N–H and O–H groups in total. The van der Waals surface area contributed by atoms with Crippen molar-refractivity contribution in [1.29, 1.82) is 0 Å². The molecular weight excluding hydrogens is 533 g/mol. The van der Waals surface area contributed by atoms with E-state index in [0.29, 0.717) is 23.9 Å². The Morgan fingerprint density at radius 2 is 1.74 bits per heavy atom. The van der Waals surface area contributed by atoms with Gasteiger partial charge in [-0.15, -0.1) is 0 Å². The zero-order valence-electron chi connectivity index (χ0n) is 22.5. The van der Waals surface area contributed by atoms with Gasteiger partial charge in [-0.2, -0.15) is 0 Å². The van der Waals surface area contributed by atoms with E-state index >= 15 is 0 Å². The van der Waals surface area contributed by atoms with Crippen molar-refractivity contribution < 1.29 is 14.3 Å². The summed E-state index contributed by atoms with van der Waals surface area (Å²) in [6, 6.07) is 14.6. The fourth-order valence-electron chi connectivity index (χ4n) is 5.58. The lowest BCUT2D eigenvalue weighted by Crippen LogP contribution is -2.42. The quantitative estimate of drug-likeness (QED) is 0.322. The van der Waals surface area contributed by atoms with Crippen LogP contribution < -0.4 is 14.8 Å². The number of fused-ring (bicyclic) bond motifs is 2. The lowest BCUT2D eigenvalue weighted by molar-refractivity contribution is 0.134. The van der Waals surface area contributed by atoms with Crippen LogP contribution >= 0.6 is 23.2 Å². The summed E-state index contributed by atoms with van der Waals surface area (Å²) in [5.41, 5.74) is 4.48. The minimum Gasteiger partial charge on any atom is -0.494 e. The molecule has 0 aromatic heterocycles. The van der Waals surface area contributed by atoms with Crippen LogP contribution in [0, 0.1) is 5.92 Å². The smallest absolute Gasteiger partial charge is 0.416 e. The maximum Gasteiger partial charge on any atom is 0.416 e. The Morgan fingerprint density at radius 1 is 1.03 bits per heavy atom. The number of nitrogens with one attached hydrogen (secondary N) is 1. The normalized spacial score (nSPS) is 20.2. The number of nitrogens with zero attached hydrogens (tertiary/aromatic N) is 2. The van der Waals surface area contributed by atoms with Crippen molar-refractivity contribution in [2.45, 2.75) is 39.2 Å². The van der Waals surface area contributed by atoms with Crippen LogP contribution in [-0.2, 0) is 0 Å². The van der Waals surface area contributed by atoms with Gasteiger partial charge in [-0.1, -0.05) is 49.2 Å². The third kappa shape index (κ3) is 6.29. The standard InChI is InChI=1S/C31H35Cl2N3O3/c1-3-35(4-2)17-5-19-38-24-11-6-21(7-12-24)30-29-26(27-20-23(33)10-15-28(27)34-29)16-18-36(30)31(37)39-25-13-8-22(32)9-14-25/h6-15,27,30,34H,3-5,16-20H2,1-2H3. The number of amides is 1. The van der Waals surface area contributed by atoms with Gasteiger partial charge in [-0.3, -0.25) is 4.90 Å². The topological polar surface area (TPSA) is 54.0 Å². The molecule has 1 amide bonds. The lowest BCUT2D eigenvalue weighted by Gasteiger charge is -2.36. The summed E-state index contributed by atoms with van der Waals surface area (Å²) in [7, 11) is 0. The molecule has 5 rings (SSSR count). The number of carbonyl (C=O) groups excluding carboxylic acids is 1. The molecule has 1 aliphatic carbocycles. The predicted octanol–water partition coefficient (Wildman–Crippen LogP) is 7.28. The van der Waals surface area contributed by atoms with Gasteiger partial charge in [0, 0.05) is 40.5 Å². The van der Waals surface area contributed by atoms with Gasteiger partial charge in [0.2, 0.25) is 0 Å². The van der Waals surface area contributed by atoms with Gasteiger partial charge in [0.25, 0.3) is 0 Å². The summed E-state index contributed by atoms with van der Waals surface area (Å²) in [4.78, 5) is 17.7. The lowest BCUT2D eigenvalue weighted by atomic mass is 9.85. The third-order valence-corrected chi connectivity index (χ3v) is 8.23. The molecule has 2 heterocycles. The van der Waals surface area contributed by atoms with Crippen LogP contribution in [0.2, 0.25) is 5.02 Å². The van der Waals surface area contributed by atoms with Crippen LogP contribution in [0.15, 0.2) is 82.7 Å². The van der Waals surface area contributed by atoms with Crippen molar-refractivity contribution in [2.75, 3.05) is 32.8 Å². The molecular formula is C31H35Cl2N3O3. The summed E-state index contributed by atoms with van der Waals surface area (Å²) < 4.78 is 11.8. The number of hydrogen-bond acceptors (Lipinski definition) is 5. The molecule has 0 radical (unpaired) electrons. The van der Waals surface area contributed by atoms with Crippen molar-refractivity contribution >= 4 is 29.3 Å². The van der Waals surface area contributed by atoms with Crippen molar-refractivity contribution in [3.05, 3.63) is 93.3 Å². The third-order valence-electron chi connectivity index (χ3n) is 7.70. The van der Waals surface area contributed by atoms with Crippen molar-refractivity contribution in [3.8, 4) is 11.5 Å². The van der Waals surface area contributed by atoms with Crippen LogP contribution in [0.4, 0.5) is 4.79 Å². The number of halogens is 2. The number of ether oxygens (including phenoxy) is 2. The van der Waals surface area contributed by atoms with Gasteiger partial charge < -0.3 is 19.7 Å². The van der Waals surface area contributed by atoms with Crippen molar-refractivity contribution in [1.82, 2.24) is 15.1 Å². The summed E-state index contributed by atoms with van der Waals surface area (Å²) in [6.07, 6.45) is 6.12. The molecule has 0 saturated carbocycles. The zero-order chi connectivity index (χ0) is 27.4. The highest BCUT2D eigenvalue weighted by Gasteiger charge is 2.42. The first-order chi connectivity index (χ1) is 19.0. The molecule has 8 heteroatoms. The highest BCUT2D eigenvalue weighted by Crippen LogP contribution is 2.47. The average Bonchev–Trinajstić information content (AvgIpc) is 3.32. The molecule has 2 aliphatic heterocycles. The molecule has 2 aromatic rings. The van der Waals surface area contributed by atoms with Gasteiger partial charge >= 0.3 is 6.09 Å². The molecule has 39 heavy (non-hydrogen) atoms. The maximum absolute atomic E-state index is 13.5. The number of rotatable bonds is 9. The number of carbonyl (C=O) groups is 1. The van der Waals surface area contributed by atoms with Gasteiger partial charge in [0.1, 0.15) is 17.5 Å². The Labute approximate surface area is 240 Å². The Balaban J connectivity index is 1.36. The van der Waals surface area contributed by atoms with Crippen LogP contribution in [0.5, 0.6) is 11.5 Å². The van der Waals surface area contributed by atoms with E-state index in [1.807, 2.05) is 30.3 Å². The molecule has 2 aromatic carbocycles. The fourth-order valence-corrected chi connectivity index (χ4v) is 5.92. The SMILES string of the molecule is CCN(CC)CCCOc1ccc(C2C3=C(CCN2C(=O)Oc2ccc(Cl)cc2)C2CC(Cl)=CC=C2N3)cc1. The maximum atomic E-state index is 13.5. The number of allylic oxidation sites excluding steroid dienone is 4. The Kier molecular flexibility index (Phi) is 8.85. The molecule has 0 bridgehead atoms. The Hall–Kier alpha value is -2.93. The minimum atomic E-state index is -0.396. The summed E-state index contributed by atoms with van der Waals surface area (Å²) in [5, 5.41) is 5.07. The molecule has 2 atom stereocenters. The zero-order valence-corrected chi connectivity index (χ0v) is 24.0. The fraction of sp³-hybridized carbons (Fsp3) is 0.387.